The molecule has 1 aromatic rings. The number of hydrogen-bond donors (Lipinski definition) is 0. The molecule has 0 aromatic heterocycles. The van der Waals surface area contributed by atoms with Crippen molar-refractivity contribution in [1.29, 1.82) is 0 Å². The molecule has 1 aromatic carbocycles. The number of esters is 1. The molecule has 184 valence electrons. The van der Waals surface area contributed by atoms with Crippen LogP contribution >= 0.6 is 23.5 Å². The van der Waals surface area contributed by atoms with Crippen molar-refractivity contribution in [3.8, 4) is 11.5 Å². The maximum Gasteiger partial charge on any atom is 0.308 e. The zero-order chi connectivity index (χ0) is 23.6. The van der Waals surface area contributed by atoms with Crippen molar-refractivity contribution in [1.82, 2.24) is 0 Å². The molecule has 5 atom stereocenters. The molecule has 0 radical (unpaired) electrons. The lowest BCUT2D eigenvalue weighted by molar-refractivity contribution is -0.196. The molecule has 0 N–H and O–H groups in total. The molecular formula is C26H38O5S2. The average Bonchev–Trinajstić information content (AvgIpc) is 3.19. The minimum atomic E-state index is -0.514. The fraction of sp³-hybridized carbons (Fsp3) is 0.731. The van der Waals surface area contributed by atoms with Crippen molar-refractivity contribution in [2.45, 2.75) is 69.3 Å². The molecule has 0 spiro atoms. The second-order valence-electron chi connectivity index (χ2n) is 9.96. The highest BCUT2D eigenvalue weighted by atomic mass is 32.2. The molecule has 0 unspecified atom stereocenters. The smallest absolute Gasteiger partial charge is 0.308 e. The SMILES string of the molecule is COc1ccc(C2([C@@H]3CC(=O)O[C@H]3O[C@@H]3C[C@H](C)CC[C@H]3C(C)C)SCCCS2)cc1OC. The van der Waals surface area contributed by atoms with E-state index in [0.717, 1.165) is 29.9 Å². The number of thioether (sulfide) groups is 2. The molecular weight excluding hydrogens is 456 g/mol. The number of cyclic esters (lactones) is 1. The molecule has 2 heterocycles. The summed E-state index contributed by atoms with van der Waals surface area (Å²) < 4.78 is 23.4. The lowest BCUT2D eigenvalue weighted by Gasteiger charge is -2.44. The third-order valence-electron chi connectivity index (χ3n) is 7.43. The van der Waals surface area contributed by atoms with Gasteiger partial charge in [0.25, 0.3) is 0 Å². The number of carbonyl (C=O) groups is 1. The van der Waals surface area contributed by atoms with E-state index in [9.17, 15) is 4.79 Å². The van der Waals surface area contributed by atoms with Crippen LogP contribution in [0.2, 0.25) is 0 Å². The summed E-state index contributed by atoms with van der Waals surface area (Å²) in [4.78, 5) is 12.7. The van der Waals surface area contributed by atoms with Crippen LogP contribution in [0.25, 0.3) is 0 Å². The van der Waals surface area contributed by atoms with E-state index in [2.05, 4.69) is 32.9 Å². The van der Waals surface area contributed by atoms with Crippen molar-refractivity contribution in [3.63, 3.8) is 0 Å². The number of hydrogen-bond acceptors (Lipinski definition) is 7. The lowest BCUT2D eigenvalue weighted by Crippen LogP contribution is -2.43. The monoisotopic (exact) mass is 494 g/mol. The van der Waals surface area contributed by atoms with Gasteiger partial charge in [-0.3, -0.25) is 4.79 Å². The molecule has 5 nitrogen and oxygen atoms in total. The summed E-state index contributed by atoms with van der Waals surface area (Å²) >= 11 is 3.85. The highest BCUT2D eigenvalue weighted by molar-refractivity contribution is 8.18. The molecule has 4 rings (SSSR count). The molecule has 0 bridgehead atoms. The maximum absolute atomic E-state index is 12.7. The van der Waals surface area contributed by atoms with Crippen LogP contribution in [0.3, 0.4) is 0 Å². The average molecular weight is 495 g/mol. The molecule has 3 aliphatic rings. The second-order valence-corrected chi connectivity index (χ2v) is 12.9. The van der Waals surface area contributed by atoms with Crippen LogP contribution in [0.5, 0.6) is 11.5 Å². The van der Waals surface area contributed by atoms with Crippen LogP contribution in [0.1, 0.15) is 58.4 Å². The Morgan fingerprint density at radius 1 is 1.09 bits per heavy atom. The zero-order valence-electron chi connectivity index (χ0n) is 20.5. The first-order valence-electron chi connectivity index (χ1n) is 12.2. The van der Waals surface area contributed by atoms with E-state index in [4.69, 9.17) is 18.9 Å². The lowest BCUT2D eigenvalue weighted by atomic mass is 9.75. The Labute approximate surface area is 207 Å². The third-order valence-corrected chi connectivity index (χ3v) is 11.1. The predicted octanol–water partition coefficient (Wildman–Crippen LogP) is 6.09. The third kappa shape index (κ3) is 5.15. The van der Waals surface area contributed by atoms with Crippen LogP contribution in [-0.4, -0.2) is 44.1 Å². The second kappa shape index (κ2) is 10.7. The number of ether oxygens (including phenoxy) is 4. The molecule has 2 saturated heterocycles. The van der Waals surface area contributed by atoms with E-state index in [1.165, 1.54) is 12.8 Å². The van der Waals surface area contributed by atoms with Gasteiger partial charge in [0.05, 0.1) is 36.7 Å². The summed E-state index contributed by atoms with van der Waals surface area (Å²) in [5, 5.41) is 0. The molecule has 7 heteroatoms. The van der Waals surface area contributed by atoms with E-state index in [0.29, 0.717) is 35.7 Å². The molecule has 0 amide bonds. The van der Waals surface area contributed by atoms with Crippen molar-refractivity contribution in [2.24, 2.45) is 23.7 Å². The van der Waals surface area contributed by atoms with E-state index in [1.54, 1.807) is 14.2 Å². The standard InChI is InChI=1S/C26H38O5S2/c1-16(2)19-9-7-17(3)13-22(19)30-25-20(15-24(27)31-25)26(32-11-6-12-33-26)18-8-10-21(28-4)23(14-18)29-5/h8,10,14,16-17,19-20,22,25H,6-7,9,11-13,15H2,1-5H3/t17-,19+,20-,22-,25-/m1/s1. The van der Waals surface area contributed by atoms with Gasteiger partial charge in [-0.05, 0) is 66.2 Å². The number of carbonyl (C=O) groups excluding carboxylic acids is 1. The fourth-order valence-corrected chi connectivity index (χ4v) is 9.22. The summed E-state index contributed by atoms with van der Waals surface area (Å²) in [7, 11) is 3.32. The van der Waals surface area contributed by atoms with E-state index >= 15 is 0 Å². The summed E-state index contributed by atoms with van der Waals surface area (Å²) in [5.74, 6) is 5.02. The van der Waals surface area contributed by atoms with Gasteiger partial charge in [0.2, 0.25) is 6.29 Å². The summed E-state index contributed by atoms with van der Waals surface area (Å²) in [5.41, 5.74) is 1.14. The molecule has 3 fully saturated rings. The highest BCUT2D eigenvalue weighted by Crippen LogP contribution is 2.60. The molecule has 33 heavy (non-hydrogen) atoms. The van der Waals surface area contributed by atoms with Crippen molar-refractivity contribution in [3.05, 3.63) is 23.8 Å². The topological polar surface area (TPSA) is 54.0 Å². The van der Waals surface area contributed by atoms with Gasteiger partial charge < -0.3 is 18.9 Å². The number of benzene rings is 1. The first-order chi connectivity index (χ1) is 15.9. The van der Waals surface area contributed by atoms with Gasteiger partial charge in [-0.1, -0.05) is 33.3 Å². The van der Waals surface area contributed by atoms with Crippen molar-refractivity contribution in [2.75, 3.05) is 25.7 Å². The van der Waals surface area contributed by atoms with Crippen molar-refractivity contribution >= 4 is 29.5 Å². The van der Waals surface area contributed by atoms with Crippen LogP contribution in [0.4, 0.5) is 0 Å². The Morgan fingerprint density at radius 2 is 1.82 bits per heavy atom. The molecule has 2 aliphatic heterocycles. The van der Waals surface area contributed by atoms with Crippen LogP contribution in [0, 0.1) is 23.7 Å². The van der Waals surface area contributed by atoms with Gasteiger partial charge in [-0.2, -0.15) is 0 Å². The van der Waals surface area contributed by atoms with E-state index in [1.807, 2.05) is 29.6 Å². The van der Waals surface area contributed by atoms with Crippen molar-refractivity contribution < 1.29 is 23.7 Å². The quantitative estimate of drug-likeness (QED) is 0.425. The Balaban J connectivity index is 1.67. The van der Waals surface area contributed by atoms with E-state index < -0.39 is 6.29 Å². The number of rotatable bonds is 7. The summed E-state index contributed by atoms with van der Waals surface area (Å²) in [6, 6.07) is 6.16. The first kappa shape index (κ1) is 25.1. The largest absolute Gasteiger partial charge is 0.493 e. The maximum atomic E-state index is 12.7. The van der Waals surface area contributed by atoms with Crippen LogP contribution in [0.15, 0.2) is 18.2 Å². The van der Waals surface area contributed by atoms with Crippen LogP contribution < -0.4 is 9.47 Å². The van der Waals surface area contributed by atoms with Gasteiger partial charge in [-0.25, -0.2) is 0 Å². The van der Waals surface area contributed by atoms with Crippen LogP contribution in [-0.2, 0) is 18.3 Å². The Bertz CT molecular complexity index is 823. The van der Waals surface area contributed by atoms with Gasteiger partial charge in [-0.15, -0.1) is 23.5 Å². The fourth-order valence-electron chi connectivity index (χ4n) is 5.61. The minimum Gasteiger partial charge on any atom is -0.493 e. The normalized spacial score (nSPS) is 31.9. The van der Waals surface area contributed by atoms with Gasteiger partial charge in [0.15, 0.2) is 11.5 Å². The molecule has 1 aliphatic carbocycles. The first-order valence-corrected chi connectivity index (χ1v) is 14.2. The summed E-state index contributed by atoms with van der Waals surface area (Å²) in [6.07, 6.45) is 4.62. The van der Waals surface area contributed by atoms with Gasteiger partial charge >= 0.3 is 5.97 Å². The summed E-state index contributed by atoms with van der Waals surface area (Å²) in [6.45, 7) is 6.88. The van der Waals surface area contributed by atoms with Gasteiger partial charge in [0.1, 0.15) is 0 Å². The Morgan fingerprint density at radius 3 is 2.48 bits per heavy atom. The molecule has 1 saturated carbocycles. The highest BCUT2D eigenvalue weighted by Gasteiger charge is 2.54. The zero-order valence-corrected chi connectivity index (χ0v) is 22.1. The Hall–Kier alpha value is -1.05. The van der Waals surface area contributed by atoms with E-state index in [-0.39, 0.29) is 22.1 Å². The number of methoxy groups -OCH3 is 2. The van der Waals surface area contributed by atoms with Gasteiger partial charge in [0, 0.05) is 0 Å². The Kier molecular flexibility index (Phi) is 8.12. The minimum absolute atomic E-state index is 0.0524. The predicted molar refractivity (Wildman–Crippen MR) is 135 cm³/mol.